The van der Waals surface area contributed by atoms with Crippen molar-refractivity contribution in [2.24, 2.45) is 5.92 Å². The summed E-state index contributed by atoms with van der Waals surface area (Å²) in [5.41, 5.74) is 0. The van der Waals surface area contributed by atoms with Crippen molar-refractivity contribution in [3.63, 3.8) is 0 Å². The maximum absolute atomic E-state index is 5.71. The van der Waals surface area contributed by atoms with Crippen LogP contribution in [0.25, 0.3) is 0 Å². The van der Waals surface area contributed by atoms with Crippen LogP contribution in [0, 0.1) is 5.92 Å². The van der Waals surface area contributed by atoms with Crippen LogP contribution in [0.4, 0.5) is 0 Å². The maximum Gasteiger partial charge on any atom is 0.138 e. The summed E-state index contributed by atoms with van der Waals surface area (Å²) in [6, 6.07) is 0.278. The van der Waals surface area contributed by atoms with Crippen LogP contribution in [-0.2, 0) is 17.7 Å². The number of hydrogen-bond acceptors (Lipinski definition) is 4. The summed E-state index contributed by atoms with van der Waals surface area (Å²) in [4.78, 5) is 4.39. The average molecular weight is 268 g/mol. The van der Waals surface area contributed by atoms with Gasteiger partial charge in [0.1, 0.15) is 12.2 Å². The Morgan fingerprint density at radius 2 is 2.05 bits per heavy atom. The standard InChI is InChI=1S/C14H28N4O/c1-6-15-13(12(5)19-7-2)8-14-16-10-17-18(14)9-11(3)4/h10-13,15H,6-9H2,1-5H3. The topological polar surface area (TPSA) is 52.0 Å². The van der Waals surface area contributed by atoms with Crippen LogP contribution >= 0.6 is 0 Å². The van der Waals surface area contributed by atoms with E-state index < -0.39 is 0 Å². The van der Waals surface area contributed by atoms with Gasteiger partial charge in [-0.2, -0.15) is 5.10 Å². The van der Waals surface area contributed by atoms with Crippen LogP contribution in [0.15, 0.2) is 6.33 Å². The lowest BCUT2D eigenvalue weighted by atomic mass is 10.1. The second-order valence-electron chi connectivity index (χ2n) is 5.28. The zero-order valence-corrected chi connectivity index (χ0v) is 12.9. The normalized spacial score (nSPS) is 14.8. The molecular formula is C14H28N4O. The van der Waals surface area contributed by atoms with Gasteiger partial charge in [-0.15, -0.1) is 0 Å². The number of ether oxygens (including phenoxy) is 1. The van der Waals surface area contributed by atoms with Gasteiger partial charge in [0.2, 0.25) is 0 Å². The quantitative estimate of drug-likeness (QED) is 0.743. The smallest absolute Gasteiger partial charge is 0.138 e. The van der Waals surface area contributed by atoms with E-state index in [0.29, 0.717) is 5.92 Å². The lowest BCUT2D eigenvalue weighted by molar-refractivity contribution is 0.0472. The second-order valence-corrected chi connectivity index (χ2v) is 5.28. The number of nitrogens with one attached hydrogen (secondary N) is 1. The van der Waals surface area contributed by atoms with Gasteiger partial charge >= 0.3 is 0 Å². The summed E-state index contributed by atoms with van der Waals surface area (Å²) in [6.45, 7) is 13.2. The van der Waals surface area contributed by atoms with Gasteiger partial charge < -0.3 is 10.1 Å². The SMILES string of the molecule is CCNC(Cc1ncnn1CC(C)C)C(C)OCC. The lowest BCUT2D eigenvalue weighted by Crippen LogP contribution is -2.42. The van der Waals surface area contributed by atoms with Crippen LogP contribution < -0.4 is 5.32 Å². The molecule has 1 heterocycles. The van der Waals surface area contributed by atoms with E-state index in [1.54, 1.807) is 6.33 Å². The molecule has 0 saturated heterocycles. The van der Waals surface area contributed by atoms with E-state index in [1.807, 2.05) is 11.6 Å². The summed E-state index contributed by atoms with van der Waals surface area (Å²) < 4.78 is 7.71. The van der Waals surface area contributed by atoms with E-state index >= 15 is 0 Å². The number of likely N-dealkylation sites (N-methyl/N-ethyl adjacent to an activating group) is 1. The maximum atomic E-state index is 5.71. The minimum absolute atomic E-state index is 0.175. The van der Waals surface area contributed by atoms with Crippen molar-refractivity contribution >= 4 is 0 Å². The van der Waals surface area contributed by atoms with Crippen molar-refractivity contribution in [2.45, 2.75) is 59.7 Å². The van der Waals surface area contributed by atoms with Crippen LogP contribution in [-0.4, -0.2) is 40.1 Å². The first-order valence-electron chi connectivity index (χ1n) is 7.30. The van der Waals surface area contributed by atoms with Gasteiger partial charge in [0.25, 0.3) is 0 Å². The van der Waals surface area contributed by atoms with Crippen molar-refractivity contribution in [3.8, 4) is 0 Å². The van der Waals surface area contributed by atoms with Gasteiger partial charge in [-0.05, 0) is 26.3 Å². The molecule has 0 fully saturated rings. The first-order chi connectivity index (χ1) is 9.08. The summed E-state index contributed by atoms with van der Waals surface area (Å²) >= 11 is 0. The van der Waals surface area contributed by atoms with Gasteiger partial charge in [0.05, 0.1) is 6.10 Å². The Labute approximate surface area is 116 Å². The van der Waals surface area contributed by atoms with Gasteiger partial charge in [-0.25, -0.2) is 9.67 Å². The number of aromatic nitrogens is 3. The van der Waals surface area contributed by atoms with Crippen molar-refractivity contribution in [2.75, 3.05) is 13.2 Å². The third-order valence-corrected chi connectivity index (χ3v) is 3.10. The molecule has 0 radical (unpaired) electrons. The van der Waals surface area contributed by atoms with Crippen molar-refractivity contribution < 1.29 is 4.74 Å². The minimum atomic E-state index is 0.175. The molecule has 19 heavy (non-hydrogen) atoms. The van der Waals surface area contributed by atoms with Crippen LogP contribution in [0.2, 0.25) is 0 Å². The van der Waals surface area contributed by atoms with Crippen molar-refractivity contribution in [1.82, 2.24) is 20.1 Å². The van der Waals surface area contributed by atoms with Crippen LogP contribution in [0.5, 0.6) is 0 Å². The minimum Gasteiger partial charge on any atom is -0.377 e. The Morgan fingerprint density at radius 1 is 1.32 bits per heavy atom. The molecule has 5 nitrogen and oxygen atoms in total. The van der Waals surface area contributed by atoms with Crippen LogP contribution in [0.3, 0.4) is 0 Å². The first-order valence-corrected chi connectivity index (χ1v) is 7.30. The molecule has 1 N–H and O–H groups in total. The third kappa shape index (κ3) is 5.28. The molecule has 5 heteroatoms. The zero-order chi connectivity index (χ0) is 14.3. The molecule has 0 aliphatic carbocycles. The Bertz CT molecular complexity index is 351. The monoisotopic (exact) mass is 268 g/mol. The summed E-state index contributed by atoms with van der Waals surface area (Å²) in [6.07, 6.45) is 2.67. The molecule has 2 unspecified atom stereocenters. The molecule has 0 amide bonds. The highest BCUT2D eigenvalue weighted by Gasteiger charge is 2.20. The molecule has 0 bridgehead atoms. The zero-order valence-electron chi connectivity index (χ0n) is 12.9. The molecule has 1 aromatic heterocycles. The fraction of sp³-hybridized carbons (Fsp3) is 0.857. The molecule has 0 spiro atoms. The Kier molecular flexibility index (Phi) is 7.02. The van der Waals surface area contributed by atoms with E-state index in [9.17, 15) is 0 Å². The predicted molar refractivity (Wildman–Crippen MR) is 77.1 cm³/mol. The first kappa shape index (κ1) is 16.1. The predicted octanol–water partition coefficient (Wildman–Crippen LogP) is 1.88. The third-order valence-electron chi connectivity index (χ3n) is 3.10. The average Bonchev–Trinajstić information content (AvgIpc) is 2.75. The summed E-state index contributed by atoms with van der Waals surface area (Å²) in [7, 11) is 0. The lowest BCUT2D eigenvalue weighted by Gasteiger charge is -2.24. The Hall–Kier alpha value is -0.940. The van der Waals surface area contributed by atoms with Gasteiger partial charge in [-0.3, -0.25) is 0 Å². The van der Waals surface area contributed by atoms with Crippen molar-refractivity contribution in [3.05, 3.63) is 12.2 Å². The largest absolute Gasteiger partial charge is 0.377 e. The summed E-state index contributed by atoms with van der Waals surface area (Å²) in [5.74, 6) is 1.61. The fourth-order valence-electron chi connectivity index (χ4n) is 2.19. The molecule has 2 atom stereocenters. The highest BCUT2D eigenvalue weighted by Crippen LogP contribution is 2.08. The molecule has 0 aliphatic heterocycles. The van der Waals surface area contributed by atoms with Gasteiger partial charge in [0.15, 0.2) is 0 Å². The molecule has 110 valence electrons. The number of rotatable bonds is 9. The number of nitrogens with zero attached hydrogens (tertiary/aromatic N) is 3. The number of hydrogen-bond donors (Lipinski definition) is 1. The van der Waals surface area contributed by atoms with Crippen molar-refractivity contribution in [1.29, 1.82) is 0 Å². The molecular weight excluding hydrogens is 240 g/mol. The Morgan fingerprint density at radius 3 is 2.63 bits per heavy atom. The molecule has 1 rings (SSSR count). The van der Waals surface area contributed by atoms with Gasteiger partial charge in [-0.1, -0.05) is 20.8 Å². The van der Waals surface area contributed by atoms with E-state index in [0.717, 1.165) is 31.9 Å². The van der Waals surface area contributed by atoms with Crippen LogP contribution in [0.1, 0.15) is 40.4 Å². The Balaban J connectivity index is 2.70. The van der Waals surface area contributed by atoms with E-state index in [1.165, 1.54) is 0 Å². The molecule has 0 aliphatic rings. The second kappa shape index (κ2) is 8.27. The summed E-state index contributed by atoms with van der Waals surface area (Å²) in [5, 5.41) is 7.79. The molecule has 0 aromatic carbocycles. The fourth-order valence-corrected chi connectivity index (χ4v) is 2.19. The highest BCUT2D eigenvalue weighted by atomic mass is 16.5. The molecule has 1 aromatic rings. The van der Waals surface area contributed by atoms with Gasteiger partial charge in [0, 0.05) is 25.6 Å². The van der Waals surface area contributed by atoms with E-state index in [2.05, 4.69) is 43.1 Å². The van der Waals surface area contributed by atoms with E-state index in [-0.39, 0.29) is 12.1 Å². The molecule has 0 saturated carbocycles. The van der Waals surface area contributed by atoms with E-state index in [4.69, 9.17) is 4.74 Å². The highest BCUT2D eigenvalue weighted by molar-refractivity contribution is 4.92.